The van der Waals surface area contributed by atoms with Crippen molar-refractivity contribution in [2.24, 2.45) is 10.9 Å². The van der Waals surface area contributed by atoms with Crippen molar-refractivity contribution in [2.45, 2.75) is 47.8 Å². The number of carboxylic acids is 1. The summed E-state index contributed by atoms with van der Waals surface area (Å²) in [6.45, 7) is 0. The van der Waals surface area contributed by atoms with Gasteiger partial charge < -0.3 is 38.1 Å². The van der Waals surface area contributed by atoms with Crippen LogP contribution in [0.3, 0.4) is 0 Å². The Hall–Kier alpha value is -10.0. The van der Waals surface area contributed by atoms with Gasteiger partial charge in [-0.05, 0) is 72.8 Å². The molecule has 25 nitrogen and oxygen atoms in total. The molecule has 0 spiro atoms. The van der Waals surface area contributed by atoms with E-state index in [1.807, 2.05) is 5.43 Å². The van der Waals surface area contributed by atoms with Gasteiger partial charge in [-0.2, -0.15) is 48.3 Å². The number of halogens is 6. The highest BCUT2D eigenvalue weighted by Gasteiger charge is 2.32. The van der Waals surface area contributed by atoms with Crippen molar-refractivity contribution in [1.29, 1.82) is 0 Å². The van der Waals surface area contributed by atoms with Crippen LogP contribution in [-0.4, -0.2) is 105 Å². The minimum atomic E-state index is -4.59. The number of hydrazone groups is 1. The second kappa shape index (κ2) is 30.9. The Kier molecular flexibility index (Phi) is 24.3. The number of amides is 2. The number of ether oxygens (including phenoxy) is 1. The summed E-state index contributed by atoms with van der Waals surface area (Å²) in [7, 11) is -7.38. The lowest BCUT2D eigenvalue weighted by molar-refractivity contribution is -0.140. The first-order valence-corrected chi connectivity index (χ1v) is 25.5. The number of aromatic amines is 4. The molecule has 9 N–H and O–H groups in total. The van der Waals surface area contributed by atoms with Gasteiger partial charge in [0.25, 0.3) is 0 Å². The third kappa shape index (κ3) is 22.4. The van der Waals surface area contributed by atoms with E-state index >= 15 is 0 Å². The number of hydrazine groups is 1. The molecule has 0 aliphatic rings. The first-order valence-electron chi connectivity index (χ1n) is 22.7. The van der Waals surface area contributed by atoms with E-state index in [0.29, 0.717) is 41.9 Å². The average molecular weight is 1190 g/mol. The number of para-hydroxylation sites is 2. The summed E-state index contributed by atoms with van der Waals surface area (Å²) in [5.74, 6) is 2.77. The molecular formula is C49H46F6N12O13S2. The van der Waals surface area contributed by atoms with Crippen molar-refractivity contribution in [1.82, 2.24) is 50.7 Å². The number of carbonyl (C=O) groups is 5. The van der Waals surface area contributed by atoms with Crippen molar-refractivity contribution in [2.75, 3.05) is 7.11 Å². The molecule has 4 aromatic heterocycles. The fourth-order valence-corrected chi connectivity index (χ4v) is 7.70. The number of aliphatic carboxylic acids is 1. The molecule has 82 heavy (non-hydrogen) atoms. The zero-order chi connectivity index (χ0) is 60.4. The first-order chi connectivity index (χ1) is 38.8. The minimum Gasteiger partial charge on any atom is -0.481 e. The standard InChI is InChI=1S/C19H15F3N4O4S.C14H9F3O4S.C6H8N2O2.C5H8N4O.C5H6N2O2/c20-19(21,22)14-5-7-16(8-6-14)31(28,29)30-17-4-2-1-3-13(17)10-25-26-18(27)9-15-11-23-12-24-15;15-14(16,17)11-5-7-12(8-6-11)22(19,20)21-13-4-2-1-3-10(13)9-18;1-10-6(9)2-5-3-7-4-8-5;6-9-5(10)1-4-2-7-3-8-4;8-5(9)1-4-2-6-3-7-4/h1-8,10-12H,9H2,(H,23,24)(H,26,27);1-9H;3-4H,2H2,1H3,(H,7,8);2-3H,1,6H2,(H,7,8)(H,9,10);2-3H,1H2,(H,6,7)(H,8,9)/b25-10+;;;;. The van der Waals surface area contributed by atoms with Crippen LogP contribution in [-0.2, 0) is 82.2 Å². The molecule has 33 heteroatoms. The van der Waals surface area contributed by atoms with Gasteiger partial charge in [0.1, 0.15) is 9.79 Å². The van der Waals surface area contributed by atoms with E-state index in [1.165, 1.54) is 93.5 Å². The number of carboxylic acid groups (broad SMARTS) is 1. The molecule has 0 saturated carbocycles. The van der Waals surface area contributed by atoms with Crippen molar-refractivity contribution < 1.29 is 85.4 Å². The number of alkyl halides is 6. The number of H-pyrrole nitrogens is 4. The highest BCUT2D eigenvalue weighted by Crippen LogP contribution is 2.32. The van der Waals surface area contributed by atoms with Gasteiger partial charge in [0.05, 0.1) is 81.0 Å². The van der Waals surface area contributed by atoms with Gasteiger partial charge in [-0.1, -0.05) is 24.3 Å². The Balaban J connectivity index is 0.000000243. The highest BCUT2D eigenvalue weighted by atomic mass is 32.2. The SMILES string of the molecule is COC(=O)Cc1cnc[nH]1.NNC(=O)Cc1cnc[nH]1.O=C(Cc1cnc[nH]1)N/N=C/c1ccccc1OS(=O)(=O)c1ccc(C(F)(F)F)cc1.O=C(O)Cc1cnc[nH]1.O=Cc1ccccc1OS(=O)(=O)c1ccc(C(F)(F)F)cc1. The maximum absolute atomic E-state index is 12.7. The van der Waals surface area contributed by atoms with Crippen LogP contribution in [0.2, 0.25) is 0 Å². The third-order valence-corrected chi connectivity index (χ3v) is 12.2. The lowest BCUT2D eigenvalue weighted by Gasteiger charge is -2.11. The molecule has 0 aliphatic carbocycles. The summed E-state index contributed by atoms with van der Waals surface area (Å²) in [5.41, 5.74) is 5.31. The summed E-state index contributed by atoms with van der Waals surface area (Å²) >= 11 is 0. The number of imidazole rings is 4. The largest absolute Gasteiger partial charge is 0.481 e. The second-order valence-corrected chi connectivity index (χ2v) is 18.8. The summed E-state index contributed by atoms with van der Waals surface area (Å²) in [6, 6.07) is 17.3. The molecule has 8 aromatic rings. The van der Waals surface area contributed by atoms with E-state index < -0.39 is 65.4 Å². The monoisotopic (exact) mass is 1190 g/mol. The summed E-state index contributed by atoms with van der Waals surface area (Å²) in [5, 5.41) is 12.0. The molecule has 4 aromatic carbocycles. The van der Waals surface area contributed by atoms with Gasteiger partial charge >= 0.3 is 44.5 Å². The van der Waals surface area contributed by atoms with E-state index in [0.717, 1.165) is 35.7 Å². The maximum Gasteiger partial charge on any atom is 0.416 e. The number of benzene rings is 4. The van der Waals surface area contributed by atoms with E-state index in [1.54, 1.807) is 18.5 Å². The number of aldehydes is 1. The van der Waals surface area contributed by atoms with E-state index in [9.17, 15) is 67.2 Å². The number of nitrogens with two attached hydrogens (primary N) is 1. The fourth-order valence-electron chi connectivity index (χ4n) is 5.80. The Bertz CT molecular complexity index is 3490. The number of hydrogen-bond donors (Lipinski definition) is 8. The molecule has 2 amide bonds. The number of methoxy groups -OCH3 is 1. The Morgan fingerprint density at radius 1 is 0.585 bits per heavy atom. The predicted octanol–water partition coefficient (Wildman–Crippen LogP) is 5.28. The van der Waals surface area contributed by atoms with E-state index in [-0.39, 0.29) is 60.2 Å². The number of carbonyl (C=O) groups excluding carboxylic acids is 4. The molecular weight excluding hydrogens is 1140 g/mol. The van der Waals surface area contributed by atoms with Gasteiger partial charge in [0.15, 0.2) is 17.8 Å². The topological polar surface area (TPSA) is 379 Å². The third-order valence-electron chi connectivity index (χ3n) is 9.68. The Morgan fingerprint density at radius 2 is 0.963 bits per heavy atom. The summed E-state index contributed by atoms with van der Waals surface area (Å²) < 4.78 is 139. The smallest absolute Gasteiger partial charge is 0.416 e. The molecule has 8 rings (SSSR count). The molecule has 0 saturated heterocycles. The number of aromatic nitrogens is 8. The molecule has 0 unspecified atom stereocenters. The quantitative estimate of drug-likeness (QED) is 0.00840. The van der Waals surface area contributed by atoms with Gasteiger partial charge in [-0.25, -0.2) is 31.2 Å². The number of nitrogens with zero attached hydrogens (tertiary/aromatic N) is 5. The maximum atomic E-state index is 12.7. The fraction of sp³-hybridized carbons (Fsp3) is 0.143. The predicted molar refractivity (Wildman–Crippen MR) is 274 cm³/mol. The molecule has 0 bridgehead atoms. The summed E-state index contributed by atoms with van der Waals surface area (Å²) in [4.78, 5) is 78.9. The molecule has 0 aliphatic heterocycles. The van der Waals surface area contributed by atoms with Crippen LogP contribution >= 0.6 is 0 Å². The van der Waals surface area contributed by atoms with Crippen LogP contribution in [0.4, 0.5) is 26.3 Å². The lowest BCUT2D eigenvalue weighted by atomic mass is 10.2. The number of rotatable bonds is 17. The van der Waals surface area contributed by atoms with Crippen molar-refractivity contribution in [3.8, 4) is 11.5 Å². The van der Waals surface area contributed by atoms with E-state index in [2.05, 4.69) is 55.1 Å². The van der Waals surface area contributed by atoms with E-state index in [4.69, 9.17) is 19.3 Å². The van der Waals surface area contributed by atoms with Gasteiger partial charge in [0.2, 0.25) is 11.8 Å². The van der Waals surface area contributed by atoms with Crippen LogP contribution in [0.25, 0.3) is 0 Å². The normalized spacial score (nSPS) is 11.1. The van der Waals surface area contributed by atoms with Crippen molar-refractivity contribution >= 4 is 56.5 Å². The molecule has 0 atom stereocenters. The van der Waals surface area contributed by atoms with Crippen LogP contribution in [0.5, 0.6) is 11.5 Å². The lowest BCUT2D eigenvalue weighted by Crippen LogP contribution is -2.31. The van der Waals surface area contributed by atoms with Gasteiger partial charge in [-0.3, -0.25) is 29.4 Å². The van der Waals surface area contributed by atoms with Gasteiger partial charge in [0, 0.05) is 53.1 Å². The Morgan fingerprint density at radius 3 is 1.33 bits per heavy atom. The number of esters is 1. The second-order valence-electron chi connectivity index (χ2n) is 15.7. The first kappa shape index (κ1) is 64.5. The zero-order valence-corrected chi connectivity index (χ0v) is 43.7. The van der Waals surface area contributed by atoms with Crippen LogP contribution in [0.1, 0.15) is 49.8 Å². The molecule has 434 valence electrons. The summed E-state index contributed by atoms with van der Waals surface area (Å²) in [6.07, 6.45) is 5.05. The zero-order valence-electron chi connectivity index (χ0n) is 42.1. The van der Waals surface area contributed by atoms with Crippen LogP contribution < -0.4 is 25.1 Å². The van der Waals surface area contributed by atoms with Gasteiger partial charge in [-0.15, -0.1) is 0 Å². The number of hydrogen-bond acceptors (Lipinski definition) is 18. The molecule has 0 fully saturated rings. The van der Waals surface area contributed by atoms with Crippen LogP contribution in [0, 0.1) is 0 Å². The average Bonchev–Trinajstić information content (AvgIpc) is 4.46. The van der Waals surface area contributed by atoms with Crippen molar-refractivity contribution in [3.63, 3.8) is 0 Å². The van der Waals surface area contributed by atoms with Crippen LogP contribution in [0.15, 0.2) is 162 Å². The van der Waals surface area contributed by atoms with Crippen molar-refractivity contribution in [3.05, 3.63) is 192 Å². The minimum absolute atomic E-state index is 0.0117. The molecule has 0 radical (unpaired) electrons. The number of nitrogens with one attached hydrogen (secondary N) is 6. The molecule has 4 heterocycles. The Labute approximate surface area is 460 Å². The highest BCUT2D eigenvalue weighted by molar-refractivity contribution is 7.87.